The normalized spacial score (nSPS) is 32.2. The first-order valence-corrected chi connectivity index (χ1v) is 5.55. The standard InChI is InChI=1S/C12H18N2O2/c1-11(2)5-4-6-12(3,7-14-9-15)10(11)16-8-13/h10H,4-7H2,1-3H3. The number of nitriles is 1. The molecule has 0 spiro atoms. The smallest absolute Gasteiger partial charge is 0.286 e. The molecule has 0 aromatic heterocycles. The quantitative estimate of drug-likeness (QED) is 0.418. The van der Waals surface area contributed by atoms with Crippen LogP contribution in [0.4, 0.5) is 0 Å². The fourth-order valence-corrected chi connectivity index (χ4v) is 2.88. The molecule has 0 saturated heterocycles. The molecule has 0 N–H and O–H groups in total. The van der Waals surface area contributed by atoms with E-state index in [4.69, 9.17) is 10.00 Å². The first-order chi connectivity index (χ1) is 7.46. The molecular weight excluding hydrogens is 204 g/mol. The number of hydrogen-bond donors (Lipinski definition) is 0. The van der Waals surface area contributed by atoms with E-state index < -0.39 is 0 Å². The van der Waals surface area contributed by atoms with E-state index in [1.54, 1.807) is 12.3 Å². The molecule has 0 aromatic rings. The van der Waals surface area contributed by atoms with Crippen LogP contribution in [-0.2, 0) is 9.53 Å². The number of rotatable bonds is 3. The van der Waals surface area contributed by atoms with Gasteiger partial charge in [-0.1, -0.05) is 27.2 Å². The molecule has 0 aliphatic heterocycles. The number of ether oxygens (including phenoxy) is 1. The molecule has 0 radical (unpaired) electrons. The maximum absolute atomic E-state index is 10.2. The molecule has 88 valence electrons. The minimum absolute atomic E-state index is 0.0544. The van der Waals surface area contributed by atoms with Gasteiger partial charge in [0.05, 0.1) is 6.54 Å². The summed E-state index contributed by atoms with van der Waals surface area (Å²) in [5.74, 6) is 0. The van der Waals surface area contributed by atoms with Crippen molar-refractivity contribution in [1.82, 2.24) is 0 Å². The Morgan fingerprint density at radius 3 is 2.69 bits per heavy atom. The van der Waals surface area contributed by atoms with Crippen molar-refractivity contribution in [2.24, 2.45) is 15.8 Å². The van der Waals surface area contributed by atoms with Crippen LogP contribution in [0.1, 0.15) is 40.0 Å². The predicted molar refractivity (Wildman–Crippen MR) is 59.2 cm³/mol. The van der Waals surface area contributed by atoms with Crippen molar-refractivity contribution in [2.75, 3.05) is 6.54 Å². The van der Waals surface area contributed by atoms with Gasteiger partial charge in [-0.15, -0.1) is 0 Å². The van der Waals surface area contributed by atoms with Crippen molar-refractivity contribution in [2.45, 2.75) is 46.1 Å². The summed E-state index contributed by atoms with van der Waals surface area (Å²) in [6.07, 6.45) is 6.19. The molecule has 1 aliphatic rings. The second kappa shape index (κ2) is 4.67. The Labute approximate surface area is 96.3 Å². The summed E-state index contributed by atoms with van der Waals surface area (Å²) < 4.78 is 5.23. The number of nitrogens with zero attached hydrogens (tertiary/aromatic N) is 2. The van der Waals surface area contributed by atoms with Gasteiger partial charge in [-0.25, -0.2) is 9.79 Å². The van der Waals surface area contributed by atoms with Gasteiger partial charge < -0.3 is 4.74 Å². The summed E-state index contributed by atoms with van der Waals surface area (Å²) in [6.45, 7) is 6.59. The maximum atomic E-state index is 10.2. The monoisotopic (exact) mass is 222 g/mol. The second-order valence-corrected chi connectivity index (χ2v) is 5.49. The zero-order valence-corrected chi connectivity index (χ0v) is 10.1. The molecule has 0 bridgehead atoms. The molecule has 16 heavy (non-hydrogen) atoms. The third-order valence-corrected chi connectivity index (χ3v) is 3.59. The first-order valence-electron chi connectivity index (χ1n) is 5.55. The number of hydrogen-bond acceptors (Lipinski definition) is 4. The van der Waals surface area contributed by atoms with Crippen LogP contribution < -0.4 is 0 Å². The van der Waals surface area contributed by atoms with Crippen LogP contribution in [0.3, 0.4) is 0 Å². The van der Waals surface area contributed by atoms with Gasteiger partial charge in [-0.05, 0) is 12.8 Å². The largest absolute Gasteiger partial charge is 0.423 e. The average molecular weight is 222 g/mol. The van der Waals surface area contributed by atoms with E-state index in [1.165, 1.54) is 0 Å². The third-order valence-electron chi connectivity index (χ3n) is 3.59. The van der Waals surface area contributed by atoms with E-state index in [9.17, 15) is 4.79 Å². The molecule has 0 heterocycles. The van der Waals surface area contributed by atoms with Crippen molar-refractivity contribution < 1.29 is 9.53 Å². The SMILES string of the molecule is CC1(C)CCCC(C)(CN=C=O)C1OC#N. The van der Waals surface area contributed by atoms with Crippen LogP contribution in [0.5, 0.6) is 0 Å². The van der Waals surface area contributed by atoms with E-state index >= 15 is 0 Å². The van der Waals surface area contributed by atoms with Crippen LogP contribution in [-0.4, -0.2) is 18.7 Å². The predicted octanol–water partition coefficient (Wildman–Crippen LogP) is 2.40. The van der Waals surface area contributed by atoms with E-state index in [-0.39, 0.29) is 16.9 Å². The Balaban J connectivity index is 2.95. The fourth-order valence-electron chi connectivity index (χ4n) is 2.88. The number of aliphatic imine (C=N–C) groups is 1. The van der Waals surface area contributed by atoms with E-state index in [0.717, 1.165) is 19.3 Å². The van der Waals surface area contributed by atoms with Gasteiger partial charge in [-0.2, -0.15) is 5.26 Å². The highest BCUT2D eigenvalue weighted by Gasteiger charge is 2.48. The molecule has 4 heteroatoms. The zero-order valence-electron chi connectivity index (χ0n) is 10.1. The van der Waals surface area contributed by atoms with Gasteiger partial charge in [0.15, 0.2) is 0 Å². The number of isocyanates is 1. The van der Waals surface area contributed by atoms with Crippen LogP contribution in [0.15, 0.2) is 4.99 Å². The van der Waals surface area contributed by atoms with E-state index in [2.05, 4.69) is 18.8 Å². The highest BCUT2D eigenvalue weighted by atomic mass is 16.5. The fraction of sp³-hybridized carbons (Fsp3) is 0.833. The van der Waals surface area contributed by atoms with Gasteiger partial charge in [0, 0.05) is 10.8 Å². The Morgan fingerprint density at radius 2 is 2.12 bits per heavy atom. The van der Waals surface area contributed by atoms with Crippen LogP contribution in [0.2, 0.25) is 0 Å². The zero-order chi connectivity index (χ0) is 12.2. The molecule has 0 aromatic carbocycles. The summed E-state index contributed by atoms with van der Waals surface area (Å²) in [5, 5.41) is 8.73. The molecule has 2 unspecified atom stereocenters. The summed E-state index contributed by atoms with van der Waals surface area (Å²) >= 11 is 0. The lowest BCUT2D eigenvalue weighted by atomic mass is 9.62. The average Bonchev–Trinajstić information content (AvgIpc) is 2.21. The van der Waals surface area contributed by atoms with Crippen molar-refractivity contribution in [3.63, 3.8) is 0 Å². The van der Waals surface area contributed by atoms with Crippen molar-refractivity contribution >= 4 is 6.08 Å². The Hall–Kier alpha value is -1.33. The Bertz CT molecular complexity index is 339. The van der Waals surface area contributed by atoms with Crippen molar-refractivity contribution in [3.05, 3.63) is 0 Å². The minimum Gasteiger partial charge on any atom is -0.423 e. The van der Waals surface area contributed by atoms with Crippen LogP contribution in [0.25, 0.3) is 0 Å². The molecule has 1 fully saturated rings. The molecule has 0 amide bonds. The summed E-state index contributed by atoms with van der Waals surface area (Å²) in [4.78, 5) is 13.9. The maximum Gasteiger partial charge on any atom is 0.286 e. The molecule has 4 nitrogen and oxygen atoms in total. The first kappa shape index (κ1) is 12.7. The molecule has 1 saturated carbocycles. The summed E-state index contributed by atoms with van der Waals surface area (Å²) in [7, 11) is 0. The lowest BCUT2D eigenvalue weighted by Crippen LogP contribution is -2.49. The highest BCUT2D eigenvalue weighted by molar-refractivity contribution is 5.33. The third kappa shape index (κ3) is 2.43. The van der Waals surface area contributed by atoms with Crippen molar-refractivity contribution in [3.8, 4) is 6.26 Å². The van der Waals surface area contributed by atoms with Gasteiger partial charge in [0.1, 0.15) is 6.10 Å². The van der Waals surface area contributed by atoms with E-state index in [0.29, 0.717) is 6.54 Å². The molecule has 1 aliphatic carbocycles. The lowest BCUT2D eigenvalue weighted by molar-refractivity contribution is -0.0798. The Kier molecular flexibility index (Phi) is 3.72. The second-order valence-electron chi connectivity index (χ2n) is 5.49. The Morgan fingerprint density at radius 1 is 1.44 bits per heavy atom. The van der Waals surface area contributed by atoms with Crippen LogP contribution in [0, 0.1) is 22.3 Å². The lowest BCUT2D eigenvalue weighted by Gasteiger charge is -2.47. The highest BCUT2D eigenvalue weighted by Crippen LogP contribution is 2.48. The molecule has 2 atom stereocenters. The molecular formula is C12H18N2O2. The number of carbonyl (C=O) groups excluding carboxylic acids is 1. The minimum atomic E-state index is -0.241. The van der Waals surface area contributed by atoms with Gasteiger partial charge in [0.25, 0.3) is 6.26 Å². The van der Waals surface area contributed by atoms with Gasteiger partial charge in [0.2, 0.25) is 6.08 Å². The van der Waals surface area contributed by atoms with Gasteiger partial charge in [-0.3, -0.25) is 0 Å². The summed E-state index contributed by atoms with van der Waals surface area (Å²) in [6, 6.07) is 0. The van der Waals surface area contributed by atoms with Crippen molar-refractivity contribution in [1.29, 1.82) is 5.26 Å². The topological polar surface area (TPSA) is 62.4 Å². The molecule has 1 rings (SSSR count). The van der Waals surface area contributed by atoms with Crippen LogP contribution >= 0.6 is 0 Å². The summed E-state index contributed by atoms with van der Waals surface area (Å²) in [5.41, 5.74) is -0.296. The van der Waals surface area contributed by atoms with Gasteiger partial charge >= 0.3 is 0 Å². The van der Waals surface area contributed by atoms with E-state index in [1.807, 2.05) is 6.92 Å².